The maximum atomic E-state index is 13.6. The molecule has 3 aromatic rings. The standard InChI is InChI=1S/C13H8F2N6O3S/c14-8-2-1-3-9(15)11(8)20-25(23,24)13-16-5-4-10(19-13)12-17-6-18-21(12)7-22/h1-7,20H. The fourth-order valence-corrected chi connectivity index (χ4v) is 2.85. The maximum absolute atomic E-state index is 13.6. The number of sulfonamides is 1. The molecule has 0 aliphatic rings. The Morgan fingerprint density at radius 2 is 1.84 bits per heavy atom. The number of hydrogen-bond donors (Lipinski definition) is 1. The van der Waals surface area contributed by atoms with Crippen molar-refractivity contribution >= 4 is 22.1 Å². The molecular weight excluding hydrogens is 358 g/mol. The Labute approximate surface area is 139 Å². The van der Waals surface area contributed by atoms with Gasteiger partial charge in [-0.05, 0) is 18.2 Å². The van der Waals surface area contributed by atoms with Crippen LogP contribution in [0.3, 0.4) is 0 Å². The molecule has 0 aliphatic carbocycles. The number of halogens is 2. The van der Waals surface area contributed by atoms with Gasteiger partial charge in [-0.15, -0.1) is 0 Å². The highest BCUT2D eigenvalue weighted by molar-refractivity contribution is 7.92. The summed E-state index contributed by atoms with van der Waals surface area (Å²) in [5.74, 6) is -2.22. The largest absolute Gasteiger partial charge is 0.297 e. The number of aromatic nitrogens is 5. The Bertz CT molecular complexity index is 1030. The number of rotatable bonds is 5. The summed E-state index contributed by atoms with van der Waals surface area (Å²) in [6, 6.07) is 4.17. The minimum atomic E-state index is -4.49. The van der Waals surface area contributed by atoms with Gasteiger partial charge < -0.3 is 0 Å². The van der Waals surface area contributed by atoms with E-state index < -0.39 is 32.5 Å². The monoisotopic (exact) mass is 366 g/mol. The molecule has 2 aromatic heterocycles. The second-order valence-corrected chi connectivity index (χ2v) is 6.14. The third kappa shape index (κ3) is 3.19. The van der Waals surface area contributed by atoms with Crippen molar-refractivity contribution in [3.05, 3.63) is 48.4 Å². The van der Waals surface area contributed by atoms with Crippen molar-refractivity contribution in [2.75, 3.05) is 4.72 Å². The highest BCUT2D eigenvalue weighted by Crippen LogP contribution is 2.22. The van der Waals surface area contributed by atoms with Gasteiger partial charge in [-0.2, -0.15) is 18.2 Å². The number of hydrogen-bond acceptors (Lipinski definition) is 7. The maximum Gasteiger partial charge on any atom is 0.297 e. The van der Waals surface area contributed by atoms with E-state index in [0.29, 0.717) is 6.41 Å². The molecule has 0 bridgehead atoms. The van der Waals surface area contributed by atoms with Gasteiger partial charge in [0, 0.05) is 6.20 Å². The second-order valence-electron chi connectivity index (χ2n) is 4.56. The summed E-state index contributed by atoms with van der Waals surface area (Å²) in [5.41, 5.74) is -0.874. The fraction of sp³-hybridized carbons (Fsp3) is 0. The zero-order valence-electron chi connectivity index (χ0n) is 12.2. The third-order valence-electron chi connectivity index (χ3n) is 2.98. The fourth-order valence-electron chi connectivity index (χ4n) is 1.88. The summed E-state index contributed by atoms with van der Waals surface area (Å²) < 4.78 is 54.5. The van der Waals surface area contributed by atoms with Crippen LogP contribution in [0.1, 0.15) is 0 Å². The molecule has 12 heteroatoms. The van der Waals surface area contributed by atoms with Gasteiger partial charge in [0.25, 0.3) is 15.2 Å². The van der Waals surface area contributed by atoms with E-state index in [1.54, 1.807) is 4.72 Å². The Kier molecular flexibility index (Phi) is 4.19. The molecule has 128 valence electrons. The van der Waals surface area contributed by atoms with Crippen LogP contribution >= 0.6 is 0 Å². The molecule has 0 saturated carbocycles. The van der Waals surface area contributed by atoms with Crippen LogP contribution in [0.2, 0.25) is 0 Å². The van der Waals surface area contributed by atoms with Crippen LogP contribution in [-0.4, -0.2) is 39.6 Å². The van der Waals surface area contributed by atoms with Gasteiger partial charge >= 0.3 is 0 Å². The van der Waals surface area contributed by atoms with Crippen molar-refractivity contribution < 1.29 is 22.0 Å². The van der Waals surface area contributed by atoms with Crippen LogP contribution in [0.5, 0.6) is 0 Å². The van der Waals surface area contributed by atoms with Crippen LogP contribution < -0.4 is 4.72 Å². The lowest BCUT2D eigenvalue weighted by Gasteiger charge is -2.09. The van der Waals surface area contributed by atoms with Crippen molar-refractivity contribution in [2.45, 2.75) is 5.16 Å². The summed E-state index contributed by atoms with van der Waals surface area (Å²) in [6.07, 6.45) is 2.52. The molecule has 25 heavy (non-hydrogen) atoms. The quantitative estimate of drug-likeness (QED) is 0.525. The topological polar surface area (TPSA) is 120 Å². The summed E-state index contributed by atoms with van der Waals surface area (Å²) in [7, 11) is -4.49. The van der Waals surface area contributed by atoms with Crippen LogP contribution in [0, 0.1) is 11.6 Å². The first kappa shape index (κ1) is 16.6. The van der Waals surface area contributed by atoms with Crippen molar-refractivity contribution in [2.24, 2.45) is 0 Å². The van der Waals surface area contributed by atoms with Crippen molar-refractivity contribution in [1.29, 1.82) is 0 Å². The van der Waals surface area contributed by atoms with E-state index in [1.165, 1.54) is 6.07 Å². The number of nitrogens with one attached hydrogen (secondary N) is 1. The lowest BCUT2D eigenvalue weighted by atomic mass is 10.3. The van der Waals surface area contributed by atoms with Crippen LogP contribution in [0.15, 0.2) is 41.9 Å². The molecule has 0 saturated heterocycles. The lowest BCUT2D eigenvalue weighted by Crippen LogP contribution is -2.18. The molecule has 1 N–H and O–H groups in total. The number of carbonyl (C=O) groups is 1. The molecular formula is C13H8F2N6O3S. The highest BCUT2D eigenvalue weighted by atomic mass is 32.2. The van der Waals surface area contributed by atoms with E-state index in [9.17, 15) is 22.0 Å². The van der Waals surface area contributed by atoms with Gasteiger partial charge in [0.1, 0.15) is 29.3 Å². The minimum Gasteiger partial charge on any atom is -0.276 e. The molecule has 2 heterocycles. The Morgan fingerprint density at radius 3 is 2.52 bits per heavy atom. The first-order valence-corrected chi connectivity index (χ1v) is 8.06. The molecule has 0 radical (unpaired) electrons. The number of nitrogens with zero attached hydrogens (tertiary/aromatic N) is 5. The molecule has 1 aromatic carbocycles. The van der Waals surface area contributed by atoms with E-state index in [4.69, 9.17) is 0 Å². The van der Waals surface area contributed by atoms with Crippen molar-refractivity contribution in [3.63, 3.8) is 0 Å². The Balaban J connectivity index is 2.01. The molecule has 3 rings (SSSR count). The molecule has 0 spiro atoms. The average molecular weight is 366 g/mol. The number of benzene rings is 1. The summed E-state index contributed by atoms with van der Waals surface area (Å²) >= 11 is 0. The van der Waals surface area contributed by atoms with Gasteiger partial charge in [-0.1, -0.05) is 6.07 Å². The third-order valence-corrected chi connectivity index (χ3v) is 4.13. The predicted molar refractivity (Wildman–Crippen MR) is 80.4 cm³/mol. The van der Waals surface area contributed by atoms with Crippen LogP contribution in [0.25, 0.3) is 11.5 Å². The Hall–Kier alpha value is -3.28. The summed E-state index contributed by atoms with van der Waals surface area (Å²) in [4.78, 5) is 22.0. The SMILES string of the molecule is O=Cn1ncnc1-c1ccnc(S(=O)(=O)Nc2c(F)cccc2F)n1. The van der Waals surface area contributed by atoms with E-state index in [0.717, 1.165) is 35.4 Å². The predicted octanol–water partition coefficient (Wildman–Crippen LogP) is 0.852. The van der Waals surface area contributed by atoms with Crippen LogP contribution in [-0.2, 0) is 14.8 Å². The molecule has 0 fully saturated rings. The molecule has 0 aliphatic heterocycles. The normalized spacial score (nSPS) is 11.3. The van der Waals surface area contributed by atoms with Gasteiger partial charge in [-0.25, -0.2) is 23.7 Å². The molecule has 0 atom stereocenters. The Morgan fingerprint density at radius 1 is 1.12 bits per heavy atom. The molecule has 9 nitrogen and oxygen atoms in total. The van der Waals surface area contributed by atoms with Crippen molar-refractivity contribution in [1.82, 2.24) is 24.7 Å². The van der Waals surface area contributed by atoms with E-state index in [-0.39, 0.29) is 11.5 Å². The van der Waals surface area contributed by atoms with Gasteiger partial charge in [0.15, 0.2) is 5.82 Å². The average Bonchev–Trinajstić information content (AvgIpc) is 3.07. The summed E-state index contributed by atoms with van der Waals surface area (Å²) in [6.45, 7) is 0. The summed E-state index contributed by atoms with van der Waals surface area (Å²) in [5, 5.41) is 2.85. The van der Waals surface area contributed by atoms with Gasteiger partial charge in [-0.3, -0.25) is 9.52 Å². The van der Waals surface area contributed by atoms with Gasteiger partial charge in [0.2, 0.25) is 6.41 Å². The van der Waals surface area contributed by atoms with Gasteiger partial charge in [0.05, 0.1) is 0 Å². The molecule has 0 amide bonds. The number of para-hydroxylation sites is 1. The smallest absolute Gasteiger partial charge is 0.276 e. The second kappa shape index (κ2) is 6.32. The van der Waals surface area contributed by atoms with E-state index >= 15 is 0 Å². The first-order chi connectivity index (χ1) is 11.9. The highest BCUT2D eigenvalue weighted by Gasteiger charge is 2.23. The number of anilines is 1. The van der Waals surface area contributed by atoms with Crippen LogP contribution in [0.4, 0.5) is 14.5 Å². The lowest BCUT2D eigenvalue weighted by molar-refractivity contribution is 0.541. The van der Waals surface area contributed by atoms with E-state index in [2.05, 4.69) is 20.1 Å². The zero-order valence-corrected chi connectivity index (χ0v) is 13.0. The van der Waals surface area contributed by atoms with Crippen molar-refractivity contribution in [3.8, 4) is 11.5 Å². The number of carbonyl (C=O) groups excluding carboxylic acids is 1. The zero-order chi connectivity index (χ0) is 18.0. The first-order valence-electron chi connectivity index (χ1n) is 6.57. The van der Waals surface area contributed by atoms with E-state index in [1.807, 2.05) is 0 Å². The molecule has 0 unspecified atom stereocenters. The minimum absolute atomic E-state index is 0.0195.